The molecule has 0 unspecified atom stereocenters. The summed E-state index contributed by atoms with van der Waals surface area (Å²) in [6, 6.07) is 16.7. The maximum absolute atomic E-state index is 10.6. The number of benzene rings is 2. The summed E-state index contributed by atoms with van der Waals surface area (Å²) in [6.07, 6.45) is 0. The third kappa shape index (κ3) is 84.8. The number of amides is 2. The van der Waals surface area contributed by atoms with Gasteiger partial charge in [0.05, 0.1) is 0 Å². The number of rotatable bonds is 2. The molecule has 0 atom stereocenters. The Morgan fingerprint density at radius 2 is 0.446 bits per heavy atom. The number of hydrogen-bond donors (Lipinski definition) is 4. The van der Waals surface area contributed by atoms with Gasteiger partial charge < -0.3 is 102 Å². The average Bonchev–Trinajstić information content (AvgIpc) is 3.18. The molecule has 10 N–H and O–H groups in total. The first-order valence-electron chi connectivity index (χ1n) is 20.6. The number of aliphatic hydroxyl groups excluding tert-OH is 2. The Morgan fingerprint density at radius 1 is 0.351 bits per heavy atom. The zero-order chi connectivity index (χ0) is 56.7. The Kier molecular flexibility index (Phi) is 79.3. The van der Waals surface area contributed by atoms with Crippen molar-refractivity contribution in [3.8, 4) is 0 Å². The van der Waals surface area contributed by atoms with Gasteiger partial charge in [-0.25, -0.2) is 0 Å². The van der Waals surface area contributed by atoms with Gasteiger partial charge in [0.25, 0.3) is 0 Å². The summed E-state index contributed by atoms with van der Waals surface area (Å²) in [4.78, 5) is 80.6. The largest absolute Gasteiger partial charge is 2.00 e. The predicted octanol–water partition coefficient (Wildman–Crippen LogP) is -1.33. The van der Waals surface area contributed by atoms with Crippen molar-refractivity contribution < 1.29 is 157 Å². The Morgan fingerprint density at radius 3 is 0.514 bits per heavy atom. The molecule has 0 heterocycles. The summed E-state index contributed by atoms with van der Waals surface area (Å²) in [5, 5.41) is 94.3. The van der Waals surface area contributed by atoms with Crippen LogP contribution in [0.25, 0.3) is 0 Å². The van der Waals surface area contributed by atoms with Gasteiger partial charge in [-0.15, -0.1) is 0 Å². The molecule has 74 heavy (non-hydrogen) atoms. The van der Waals surface area contributed by atoms with Crippen LogP contribution in [0, 0.1) is 42.9 Å². The molecule has 0 saturated carbocycles. The zero-order valence-electron chi connectivity index (χ0n) is 46.1. The number of nitrogens with one attached hydrogen (secondary N) is 2. The molecule has 4 radical (unpaired) electrons. The Hall–Kier alpha value is -4.01. The van der Waals surface area contributed by atoms with Gasteiger partial charge in [0, 0.05) is 92.6 Å². The molecule has 440 valence electrons. The summed E-state index contributed by atoms with van der Waals surface area (Å²) in [7, 11) is 0. The molecule has 0 spiro atoms. The van der Waals surface area contributed by atoms with E-state index in [4.69, 9.17) is 10.2 Å². The predicted molar refractivity (Wildman–Crippen MR) is 257 cm³/mol. The molecule has 2 aromatic rings. The van der Waals surface area contributed by atoms with E-state index in [1.807, 2.05) is 0 Å². The fraction of sp³-hybridized carbons (Fsp3) is 0.583. The van der Waals surface area contributed by atoms with Crippen LogP contribution in [-0.4, -0.2) is 71.1 Å². The van der Waals surface area contributed by atoms with Crippen LogP contribution in [0.3, 0.4) is 0 Å². The van der Waals surface area contributed by atoms with Crippen molar-refractivity contribution in [3.63, 3.8) is 0 Å². The SMILES string of the molecule is CC(C)(C)C(=O)[O-].CC(C)(C)C(=O)[O-].CC(C)(C)C(=O)[O-].CC(C)(C)C(=O)[O-].CC(C)(C)C(=O)[O-].CC(C)(C)C(=O)[O-].CCO.CCO.O=C(N[O-])c1ccccc1.O=C(N[O-])c1ccccc1.[Co+2].[Co+2].[Co+2].[Co+2].[OH3+].[OH3+]. The summed E-state index contributed by atoms with van der Waals surface area (Å²) in [6.45, 7) is 32.7. The van der Waals surface area contributed by atoms with Crippen LogP contribution in [-0.2, 0) is 107 Å². The van der Waals surface area contributed by atoms with Crippen LogP contribution < -0.4 is 41.6 Å². The molecule has 0 saturated heterocycles. The van der Waals surface area contributed by atoms with Gasteiger partial charge in [-0.05, 0) is 38.1 Å². The second-order valence-corrected chi connectivity index (χ2v) is 19.5. The topological polar surface area (TPSA) is 452 Å². The van der Waals surface area contributed by atoms with E-state index >= 15 is 0 Å². The van der Waals surface area contributed by atoms with E-state index in [-0.39, 0.29) is 91.3 Å². The average molecular weight is 1240 g/mol. The number of hydroxylamine groups is 2. The smallest absolute Gasteiger partial charge is 0.759 e. The van der Waals surface area contributed by atoms with Crippen molar-refractivity contribution in [2.75, 3.05) is 13.2 Å². The Balaban J connectivity index is -0.0000000453. The van der Waals surface area contributed by atoms with Gasteiger partial charge in [-0.1, -0.05) is 161 Å². The van der Waals surface area contributed by atoms with E-state index in [1.165, 1.54) is 11.0 Å². The fourth-order valence-electron chi connectivity index (χ4n) is 1.30. The molecule has 0 fully saturated rings. The normalized spacial score (nSPS) is 9.30. The van der Waals surface area contributed by atoms with Crippen LogP contribution in [0.5, 0.6) is 0 Å². The Bertz CT molecular complexity index is 1460. The van der Waals surface area contributed by atoms with E-state index < -0.39 is 80.1 Å². The summed E-state index contributed by atoms with van der Waals surface area (Å²) < 4.78 is 0. The van der Waals surface area contributed by atoms with Gasteiger partial charge in [-0.2, -0.15) is 0 Å². The number of hydrogen-bond acceptors (Lipinski definition) is 18. The molecule has 22 nitrogen and oxygen atoms in total. The van der Waals surface area contributed by atoms with E-state index in [2.05, 4.69) is 0 Å². The number of carboxylic acid groups (broad SMARTS) is 6. The molecule has 2 rings (SSSR count). The van der Waals surface area contributed by atoms with Crippen molar-refractivity contribution >= 4 is 47.6 Å². The minimum Gasteiger partial charge on any atom is -0.759 e. The maximum Gasteiger partial charge on any atom is 2.00 e. The third-order valence-electron chi connectivity index (χ3n) is 5.93. The Labute approximate surface area is 479 Å². The van der Waals surface area contributed by atoms with Crippen molar-refractivity contribution in [2.45, 2.75) is 138 Å². The van der Waals surface area contributed by atoms with E-state index in [1.54, 1.807) is 199 Å². The number of carbonyl (C=O) groups excluding carboxylic acids is 8. The second kappa shape index (κ2) is 55.2. The van der Waals surface area contributed by atoms with Gasteiger partial charge in [0.1, 0.15) is 0 Å². The van der Waals surface area contributed by atoms with Gasteiger partial charge in [0.2, 0.25) is 11.8 Å². The first-order chi connectivity index (χ1) is 30.2. The molecular weight excluding hydrogens is 1160 g/mol. The molecular formula is C48H84Co4N2O20+2. The number of aliphatic carboxylic acids is 6. The molecule has 0 aliphatic heterocycles. The van der Waals surface area contributed by atoms with Gasteiger partial charge in [-0.3, -0.25) is 9.59 Å². The number of aliphatic hydroxyl groups is 2. The summed E-state index contributed by atoms with van der Waals surface area (Å²) >= 11 is 0. The quantitative estimate of drug-likeness (QED) is 0.200. The van der Waals surface area contributed by atoms with E-state index in [0.29, 0.717) is 11.1 Å². The number of carbonyl (C=O) groups is 8. The third-order valence-corrected chi connectivity index (χ3v) is 5.93. The van der Waals surface area contributed by atoms with Crippen LogP contribution in [0.15, 0.2) is 60.7 Å². The fourth-order valence-corrected chi connectivity index (χ4v) is 1.30. The zero-order valence-corrected chi connectivity index (χ0v) is 50.3. The summed E-state index contributed by atoms with van der Waals surface area (Å²) in [5.74, 6) is -7.23. The molecule has 0 aliphatic carbocycles. The first-order valence-corrected chi connectivity index (χ1v) is 20.6. The van der Waals surface area contributed by atoms with Crippen LogP contribution >= 0.6 is 0 Å². The van der Waals surface area contributed by atoms with Gasteiger partial charge >= 0.3 is 67.1 Å². The minimum absolute atomic E-state index is 0. The maximum atomic E-state index is 10.6. The summed E-state index contributed by atoms with van der Waals surface area (Å²) in [5.41, 5.74) is -0.809. The van der Waals surface area contributed by atoms with Crippen molar-refractivity contribution in [1.29, 1.82) is 0 Å². The monoisotopic (exact) mass is 1240 g/mol. The van der Waals surface area contributed by atoms with Gasteiger partial charge in [0.15, 0.2) is 0 Å². The van der Waals surface area contributed by atoms with E-state index in [0.717, 1.165) is 0 Å². The van der Waals surface area contributed by atoms with Crippen LogP contribution in [0.1, 0.15) is 159 Å². The van der Waals surface area contributed by atoms with Crippen molar-refractivity contribution in [1.82, 2.24) is 11.0 Å². The standard InChI is InChI=1S/2C7H6NO2.6C5H10O2.2C2H6O.4Co.2H2O/c2*9-7(8-10)6-4-2-1-3-5-6;6*1-5(2,3)4(6)7;2*1-2-3;;;;;;/h2*1-5H,(H-,8,9,10);6*1-3H3,(H,6,7);2*3H,2H2,1H3;;;;;2*1H2/q2*-1;;;;;;;;;4*+2;;/p-4. The number of carboxylic acids is 6. The first kappa shape index (κ1) is 106. The van der Waals surface area contributed by atoms with Crippen molar-refractivity contribution in [3.05, 3.63) is 82.2 Å². The van der Waals surface area contributed by atoms with E-state index in [9.17, 15) is 79.4 Å². The molecule has 2 amide bonds. The molecule has 0 aliphatic rings. The van der Waals surface area contributed by atoms with Crippen molar-refractivity contribution in [2.24, 2.45) is 32.5 Å². The molecule has 0 aromatic heterocycles. The molecule has 2 aromatic carbocycles. The van der Waals surface area contributed by atoms with Crippen LogP contribution in [0.4, 0.5) is 0 Å². The minimum atomic E-state index is -1.01. The second-order valence-electron chi connectivity index (χ2n) is 19.5. The van der Waals surface area contributed by atoms with Crippen LogP contribution in [0.2, 0.25) is 0 Å². The molecule has 0 bridgehead atoms. The molecule has 26 heteroatoms.